The van der Waals surface area contributed by atoms with Crippen LogP contribution < -0.4 is 0 Å². The molecule has 0 saturated carbocycles. The SMILES string of the molecule is N#Cc1ccc([C@H]2[C@@H](C(=O)O)c3ccccc3C(=O)N2CC(F)(F)F)cn1. The Balaban J connectivity index is 2.21. The largest absolute Gasteiger partial charge is 0.481 e. The number of carbonyl (C=O) groups excluding carboxylic acids is 1. The first-order chi connectivity index (χ1) is 12.7. The highest BCUT2D eigenvalue weighted by Crippen LogP contribution is 2.43. The molecule has 0 aliphatic carbocycles. The monoisotopic (exact) mass is 375 g/mol. The van der Waals surface area contributed by atoms with E-state index in [1.807, 2.05) is 0 Å². The number of aromatic nitrogens is 1. The van der Waals surface area contributed by atoms with Gasteiger partial charge in [0.2, 0.25) is 0 Å². The molecule has 0 radical (unpaired) electrons. The predicted molar refractivity (Wildman–Crippen MR) is 85.6 cm³/mol. The van der Waals surface area contributed by atoms with Crippen LogP contribution in [0.2, 0.25) is 0 Å². The van der Waals surface area contributed by atoms with Crippen molar-refractivity contribution >= 4 is 11.9 Å². The number of pyridine rings is 1. The number of carboxylic acid groups (broad SMARTS) is 1. The zero-order chi connectivity index (χ0) is 19.8. The van der Waals surface area contributed by atoms with Gasteiger partial charge in [-0.05, 0) is 23.3 Å². The van der Waals surface area contributed by atoms with Crippen LogP contribution in [0.1, 0.15) is 39.1 Å². The van der Waals surface area contributed by atoms with Crippen LogP contribution in [0.3, 0.4) is 0 Å². The first-order valence-electron chi connectivity index (χ1n) is 7.78. The van der Waals surface area contributed by atoms with Crippen molar-refractivity contribution in [2.75, 3.05) is 6.54 Å². The Bertz CT molecular complexity index is 935. The Morgan fingerprint density at radius 3 is 2.52 bits per heavy atom. The standard InChI is InChI=1S/C18H12F3N3O3/c19-18(20,21)9-24-15(10-5-6-11(7-22)23-8-10)14(17(26)27)12-3-1-2-4-13(12)16(24)25/h1-6,8,14-15H,9H2,(H,26,27)/t14-,15-/m0/s1. The minimum atomic E-state index is -4.72. The van der Waals surface area contributed by atoms with E-state index in [0.29, 0.717) is 4.90 Å². The Kier molecular flexibility index (Phi) is 4.57. The maximum atomic E-state index is 13.1. The van der Waals surface area contributed by atoms with Gasteiger partial charge in [0.15, 0.2) is 0 Å². The van der Waals surface area contributed by atoms with Gasteiger partial charge in [0.05, 0.1) is 6.04 Å². The van der Waals surface area contributed by atoms with Crippen LogP contribution in [0, 0.1) is 11.3 Å². The molecule has 9 heteroatoms. The quantitative estimate of drug-likeness (QED) is 0.890. The van der Waals surface area contributed by atoms with Crippen LogP contribution >= 0.6 is 0 Å². The van der Waals surface area contributed by atoms with E-state index < -0.39 is 36.6 Å². The third kappa shape index (κ3) is 3.46. The summed E-state index contributed by atoms with van der Waals surface area (Å²) in [5.41, 5.74) is 0.193. The van der Waals surface area contributed by atoms with Gasteiger partial charge in [-0.25, -0.2) is 4.98 Å². The summed E-state index contributed by atoms with van der Waals surface area (Å²) in [6, 6.07) is 8.67. The molecule has 27 heavy (non-hydrogen) atoms. The van der Waals surface area contributed by atoms with E-state index in [-0.39, 0.29) is 22.4 Å². The number of fused-ring (bicyclic) bond motifs is 1. The van der Waals surface area contributed by atoms with Crippen LogP contribution in [-0.4, -0.2) is 39.6 Å². The molecular formula is C18H12F3N3O3. The number of nitriles is 1. The first-order valence-corrected chi connectivity index (χ1v) is 7.78. The van der Waals surface area contributed by atoms with Gasteiger partial charge >= 0.3 is 12.1 Å². The fourth-order valence-corrected chi connectivity index (χ4v) is 3.24. The minimum absolute atomic E-state index is 0.0236. The van der Waals surface area contributed by atoms with Gasteiger partial charge in [0.25, 0.3) is 5.91 Å². The average Bonchev–Trinajstić information content (AvgIpc) is 2.62. The minimum Gasteiger partial charge on any atom is -0.481 e. The van der Waals surface area contributed by atoms with Crippen molar-refractivity contribution in [1.82, 2.24) is 9.88 Å². The number of halogens is 3. The van der Waals surface area contributed by atoms with Gasteiger partial charge < -0.3 is 10.0 Å². The van der Waals surface area contributed by atoms with Gasteiger partial charge in [-0.2, -0.15) is 18.4 Å². The molecule has 2 aromatic rings. The Morgan fingerprint density at radius 1 is 1.26 bits per heavy atom. The summed E-state index contributed by atoms with van der Waals surface area (Å²) in [6.45, 7) is -1.60. The van der Waals surface area contributed by atoms with E-state index >= 15 is 0 Å². The topological polar surface area (TPSA) is 94.3 Å². The van der Waals surface area contributed by atoms with E-state index in [2.05, 4.69) is 4.98 Å². The summed E-state index contributed by atoms with van der Waals surface area (Å²) >= 11 is 0. The molecule has 1 amide bonds. The second-order valence-corrected chi connectivity index (χ2v) is 5.98. The van der Waals surface area contributed by atoms with Crippen molar-refractivity contribution in [3.05, 3.63) is 65.0 Å². The first kappa shape index (κ1) is 18.4. The lowest BCUT2D eigenvalue weighted by Crippen LogP contribution is -2.48. The molecule has 6 nitrogen and oxygen atoms in total. The number of carbonyl (C=O) groups is 2. The van der Waals surface area contributed by atoms with Gasteiger partial charge in [0, 0.05) is 11.8 Å². The lowest BCUT2D eigenvalue weighted by atomic mass is 9.80. The van der Waals surface area contributed by atoms with E-state index in [4.69, 9.17) is 5.26 Å². The molecular weight excluding hydrogens is 363 g/mol. The summed E-state index contributed by atoms with van der Waals surface area (Å²) in [6.07, 6.45) is -3.59. The Morgan fingerprint density at radius 2 is 1.96 bits per heavy atom. The zero-order valence-electron chi connectivity index (χ0n) is 13.6. The van der Waals surface area contributed by atoms with Crippen LogP contribution in [0.15, 0.2) is 42.6 Å². The average molecular weight is 375 g/mol. The highest BCUT2D eigenvalue weighted by Gasteiger charge is 2.47. The number of benzene rings is 1. The molecule has 2 atom stereocenters. The fraction of sp³-hybridized carbons (Fsp3) is 0.222. The third-order valence-electron chi connectivity index (χ3n) is 4.30. The summed E-state index contributed by atoms with van der Waals surface area (Å²) in [7, 11) is 0. The molecule has 2 heterocycles. The number of rotatable bonds is 3. The summed E-state index contributed by atoms with van der Waals surface area (Å²) in [5, 5.41) is 18.6. The molecule has 1 aliphatic heterocycles. The van der Waals surface area contributed by atoms with E-state index in [9.17, 15) is 27.9 Å². The van der Waals surface area contributed by atoms with Gasteiger partial charge in [-0.1, -0.05) is 24.3 Å². The van der Waals surface area contributed by atoms with Crippen molar-refractivity contribution in [2.24, 2.45) is 0 Å². The maximum absolute atomic E-state index is 13.1. The molecule has 0 fully saturated rings. The highest BCUT2D eigenvalue weighted by molar-refractivity contribution is 6.00. The normalized spacial score (nSPS) is 19.3. The number of hydrogen-bond donors (Lipinski definition) is 1. The molecule has 1 aromatic heterocycles. The highest BCUT2D eigenvalue weighted by atomic mass is 19.4. The zero-order valence-corrected chi connectivity index (χ0v) is 13.6. The van der Waals surface area contributed by atoms with Crippen LogP contribution in [0.4, 0.5) is 13.2 Å². The number of aliphatic carboxylic acids is 1. The van der Waals surface area contributed by atoms with Crippen molar-refractivity contribution < 1.29 is 27.9 Å². The van der Waals surface area contributed by atoms with Gasteiger partial charge in [-0.15, -0.1) is 0 Å². The number of hydrogen-bond acceptors (Lipinski definition) is 4. The molecule has 0 saturated heterocycles. The molecule has 1 aromatic carbocycles. The molecule has 1 aliphatic rings. The van der Waals surface area contributed by atoms with Crippen LogP contribution in [0.5, 0.6) is 0 Å². The lowest BCUT2D eigenvalue weighted by Gasteiger charge is -2.40. The number of amides is 1. The smallest absolute Gasteiger partial charge is 0.406 e. The van der Waals surface area contributed by atoms with Crippen LogP contribution in [-0.2, 0) is 4.79 Å². The second-order valence-electron chi connectivity index (χ2n) is 5.98. The Labute approximate surface area is 151 Å². The van der Waals surface area contributed by atoms with Crippen molar-refractivity contribution in [1.29, 1.82) is 5.26 Å². The van der Waals surface area contributed by atoms with Crippen molar-refractivity contribution in [3.8, 4) is 6.07 Å². The molecule has 138 valence electrons. The maximum Gasteiger partial charge on any atom is 0.406 e. The predicted octanol–water partition coefficient (Wildman–Crippen LogP) is 2.88. The number of carboxylic acids is 1. The summed E-state index contributed by atoms with van der Waals surface area (Å²) in [5.74, 6) is -3.68. The number of alkyl halides is 3. The molecule has 0 spiro atoms. The fourth-order valence-electron chi connectivity index (χ4n) is 3.24. The summed E-state index contributed by atoms with van der Waals surface area (Å²) < 4.78 is 39.4. The van der Waals surface area contributed by atoms with E-state index in [0.717, 1.165) is 6.20 Å². The molecule has 1 N–H and O–H groups in total. The third-order valence-corrected chi connectivity index (χ3v) is 4.30. The molecule has 0 bridgehead atoms. The van der Waals surface area contributed by atoms with E-state index in [1.54, 1.807) is 6.07 Å². The van der Waals surface area contributed by atoms with E-state index in [1.165, 1.54) is 36.4 Å². The van der Waals surface area contributed by atoms with Crippen molar-refractivity contribution in [3.63, 3.8) is 0 Å². The molecule has 3 rings (SSSR count). The summed E-state index contributed by atoms with van der Waals surface area (Å²) in [4.78, 5) is 29.0. The molecule has 0 unspecified atom stereocenters. The van der Waals surface area contributed by atoms with Gasteiger partial charge in [0.1, 0.15) is 24.2 Å². The second kappa shape index (κ2) is 6.72. The Hall–Kier alpha value is -3.41. The van der Waals surface area contributed by atoms with Gasteiger partial charge in [-0.3, -0.25) is 9.59 Å². The van der Waals surface area contributed by atoms with Crippen LogP contribution in [0.25, 0.3) is 0 Å². The van der Waals surface area contributed by atoms with Crippen molar-refractivity contribution in [2.45, 2.75) is 18.1 Å². The number of nitrogens with zero attached hydrogens (tertiary/aromatic N) is 3. The lowest BCUT2D eigenvalue weighted by molar-refractivity contribution is -0.153.